The monoisotopic (exact) mass is 227 g/mol. The van der Waals surface area contributed by atoms with Gasteiger partial charge in [0.1, 0.15) is 0 Å². The van der Waals surface area contributed by atoms with E-state index in [2.05, 4.69) is 12.2 Å². The van der Waals surface area contributed by atoms with Crippen LogP contribution in [0.25, 0.3) is 0 Å². The summed E-state index contributed by atoms with van der Waals surface area (Å²) in [7, 11) is 1.78. The maximum absolute atomic E-state index is 5.06. The molecule has 0 aromatic heterocycles. The zero-order chi connectivity index (χ0) is 11.6. The maximum Gasteiger partial charge on any atom is 0.0474 e. The Morgan fingerprint density at radius 2 is 2.06 bits per heavy atom. The highest BCUT2D eigenvalue weighted by molar-refractivity contribution is 4.74. The zero-order valence-corrected chi connectivity index (χ0v) is 11.1. The quantitative estimate of drug-likeness (QED) is 0.532. The predicted octanol–water partition coefficient (Wildman–Crippen LogP) is 3.36. The van der Waals surface area contributed by atoms with Gasteiger partial charge in [0.15, 0.2) is 0 Å². The average Bonchev–Trinajstić information content (AvgIpc) is 2.51. The molecule has 0 aromatic carbocycles. The molecule has 1 aliphatic rings. The van der Waals surface area contributed by atoms with E-state index >= 15 is 0 Å². The Bertz CT molecular complexity index is 161. The third kappa shape index (κ3) is 5.86. The number of methoxy groups -OCH3 is 1. The Morgan fingerprint density at radius 3 is 2.81 bits per heavy atom. The van der Waals surface area contributed by atoms with Gasteiger partial charge in [0, 0.05) is 19.8 Å². The summed E-state index contributed by atoms with van der Waals surface area (Å²) in [5.74, 6) is 1.01. The van der Waals surface area contributed by atoms with Crippen molar-refractivity contribution >= 4 is 0 Å². The maximum atomic E-state index is 5.06. The standard InChI is InChI=1S/C14H29NO/c1-3-6-13-7-4-8-14(10-9-13)15-11-5-12-16-2/h13-15H,3-12H2,1-2H3. The normalized spacial score (nSPS) is 26.6. The van der Waals surface area contributed by atoms with Crippen LogP contribution >= 0.6 is 0 Å². The van der Waals surface area contributed by atoms with E-state index in [1.807, 2.05) is 0 Å². The van der Waals surface area contributed by atoms with E-state index < -0.39 is 0 Å². The molecule has 0 aromatic rings. The van der Waals surface area contributed by atoms with Gasteiger partial charge in [-0.25, -0.2) is 0 Å². The minimum Gasteiger partial charge on any atom is -0.385 e. The third-order valence-electron chi connectivity index (χ3n) is 3.74. The second kappa shape index (κ2) is 9.00. The van der Waals surface area contributed by atoms with Crippen molar-refractivity contribution in [3.05, 3.63) is 0 Å². The first-order valence-corrected chi connectivity index (χ1v) is 7.09. The molecular formula is C14H29NO. The van der Waals surface area contributed by atoms with Crippen LogP contribution in [0.2, 0.25) is 0 Å². The second-order valence-corrected chi connectivity index (χ2v) is 5.16. The molecule has 1 aliphatic carbocycles. The lowest BCUT2D eigenvalue weighted by atomic mass is 9.95. The van der Waals surface area contributed by atoms with Gasteiger partial charge in [0.25, 0.3) is 0 Å². The molecule has 0 heterocycles. The molecule has 2 atom stereocenters. The van der Waals surface area contributed by atoms with Gasteiger partial charge in [-0.2, -0.15) is 0 Å². The van der Waals surface area contributed by atoms with Crippen LogP contribution in [0, 0.1) is 5.92 Å². The van der Waals surface area contributed by atoms with E-state index in [1.165, 1.54) is 44.9 Å². The van der Waals surface area contributed by atoms with E-state index in [0.29, 0.717) is 0 Å². The molecule has 1 saturated carbocycles. The Hall–Kier alpha value is -0.0800. The van der Waals surface area contributed by atoms with Gasteiger partial charge in [0.05, 0.1) is 0 Å². The van der Waals surface area contributed by atoms with Crippen molar-refractivity contribution in [2.24, 2.45) is 5.92 Å². The summed E-state index contributed by atoms with van der Waals surface area (Å²) in [5, 5.41) is 3.68. The molecular weight excluding hydrogens is 198 g/mol. The summed E-state index contributed by atoms with van der Waals surface area (Å²) >= 11 is 0. The Labute approximate surface area is 101 Å². The van der Waals surface area contributed by atoms with Gasteiger partial charge in [-0.1, -0.05) is 32.6 Å². The van der Waals surface area contributed by atoms with Crippen LogP contribution < -0.4 is 5.32 Å². The lowest BCUT2D eigenvalue weighted by molar-refractivity contribution is 0.192. The summed E-state index contributed by atoms with van der Waals surface area (Å²) < 4.78 is 5.06. The topological polar surface area (TPSA) is 21.3 Å². The van der Waals surface area contributed by atoms with Crippen LogP contribution in [0.4, 0.5) is 0 Å². The summed E-state index contributed by atoms with van der Waals surface area (Å²) in [6.07, 6.45) is 11.0. The zero-order valence-electron chi connectivity index (χ0n) is 11.1. The van der Waals surface area contributed by atoms with E-state index in [-0.39, 0.29) is 0 Å². The van der Waals surface area contributed by atoms with Crippen molar-refractivity contribution in [1.29, 1.82) is 0 Å². The number of rotatable bonds is 7. The number of ether oxygens (including phenoxy) is 1. The molecule has 2 unspecified atom stereocenters. The first-order valence-electron chi connectivity index (χ1n) is 7.09. The highest BCUT2D eigenvalue weighted by Gasteiger charge is 2.17. The minimum absolute atomic E-state index is 0.777. The van der Waals surface area contributed by atoms with Crippen molar-refractivity contribution in [2.75, 3.05) is 20.3 Å². The van der Waals surface area contributed by atoms with E-state index in [9.17, 15) is 0 Å². The fraction of sp³-hybridized carbons (Fsp3) is 1.00. The van der Waals surface area contributed by atoms with Gasteiger partial charge in [-0.15, -0.1) is 0 Å². The molecule has 2 nitrogen and oxygen atoms in total. The first-order chi connectivity index (χ1) is 7.86. The van der Waals surface area contributed by atoms with Gasteiger partial charge >= 0.3 is 0 Å². The average molecular weight is 227 g/mol. The van der Waals surface area contributed by atoms with Crippen LogP contribution in [0.5, 0.6) is 0 Å². The van der Waals surface area contributed by atoms with E-state index in [0.717, 1.165) is 31.5 Å². The lowest BCUT2D eigenvalue weighted by Gasteiger charge is -2.16. The van der Waals surface area contributed by atoms with Crippen LogP contribution in [0.15, 0.2) is 0 Å². The molecule has 0 radical (unpaired) electrons. The molecule has 1 rings (SSSR count). The summed E-state index contributed by atoms with van der Waals surface area (Å²) in [4.78, 5) is 0. The summed E-state index contributed by atoms with van der Waals surface area (Å²) in [6.45, 7) is 4.32. The van der Waals surface area contributed by atoms with Crippen molar-refractivity contribution < 1.29 is 4.74 Å². The van der Waals surface area contributed by atoms with Gasteiger partial charge in [-0.3, -0.25) is 0 Å². The fourth-order valence-electron chi connectivity index (χ4n) is 2.80. The number of hydrogen-bond acceptors (Lipinski definition) is 2. The second-order valence-electron chi connectivity index (χ2n) is 5.16. The van der Waals surface area contributed by atoms with Gasteiger partial charge < -0.3 is 10.1 Å². The smallest absolute Gasteiger partial charge is 0.0474 e. The van der Waals surface area contributed by atoms with Crippen LogP contribution in [-0.4, -0.2) is 26.3 Å². The summed E-state index contributed by atoms with van der Waals surface area (Å²) in [5.41, 5.74) is 0. The molecule has 0 amide bonds. The Kier molecular flexibility index (Phi) is 7.87. The molecule has 16 heavy (non-hydrogen) atoms. The van der Waals surface area contributed by atoms with E-state index in [1.54, 1.807) is 7.11 Å². The Morgan fingerprint density at radius 1 is 1.19 bits per heavy atom. The molecule has 2 heteroatoms. The molecule has 0 bridgehead atoms. The van der Waals surface area contributed by atoms with Crippen molar-refractivity contribution in [3.63, 3.8) is 0 Å². The minimum atomic E-state index is 0.777. The molecule has 1 fully saturated rings. The van der Waals surface area contributed by atoms with Crippen LogP contribution in [0.1, 0.15) is 58.3 Å². The third-order valence-corrected chi connectivity index (χ3v) is 3.74. The molecule has 96 valence electrons. The SMILES string of the molecule is CCCC1CCCC(NCCCOC)CC1. The van der Waals surface area contributed by atoms with Gasteiger partial charge in [-0.05, 0) is 38.1 Å². The predicted molar refractivity (Wildman–Crippen MR) is 69.8 cm³/mol. The first kappa shape index (κ1) is 14.0. The van der Waals surface area contributed by atoms with Crippen molar-refractivity contribution in [1.82, 2.24) is 5.32 Å². The van der Waals surface area contributed by atoms with Gasteiger partial charge in [0.2, 0.25) is 0 Å². The Balaban J connectivity index is 2.10. The lowest BCUT2D eigenvalue weighted by Crippen LogP contribution is -2.29. The highest BCUT2D eigenvalue weighted by Crippen LogP contribution is 2.26. The van der Waals surface area contributed by atoms with Crippen LogP contribution in [0.3, 0.4) is 0 Å². The highest BCUT2D eigenvalue weighted by atomic mass is 16.5. The number of hydrogen-bond donors (Lipinski definition) is 1. The molecule has 1 N–H and O–H groups in total. The van der Waals surface area contributed by atoms with Crippen LogP contribution in [-0.2, 0) is 4.74 Å². The fourth-order valence-corrected chi connectivity index (χ4v) is 2.80. The molecule has 0 spiro atoms. The molecule has 0 saturated heterocycles. The largest absolute Gasteiger partial charge is 0.385 e. The summed E-state index contributed by atoms with van der Waals surface area (Å²) in [6, 6.07) is 0.777. The van der Waals surface area contributed by atoms with Crippen molar-refractivity contribution in [2.45, 2.75) is 64.3 Å². The molecule has 0 aliphatic heterocycles. The van der Waals surface area contributed by atoms with Crippen molar-refractivity contribution in [3.8, 4) is 0 Å². The van der Waals surface area contributed by atoms with E-state index in [4.69, 9.17) is 4.74 Å². The number of nitrogens with one attached hydrogen (secondary N) is 1.